The molecule has 0 saturated heterocycles. The third-order valence-electron chi connectivity index (χ3n) is 2.06. The van der Waals surface area contributed by atoms with Gasteiger partial charge in [0.2, 0.25) is 0 Å². The van der Waals surface area contributed by atoms with Crippen molar-refractivity contribution < 1.29 is 13.5 Å². The number of aromatic nitrogens is 2. The van der Waals surface area contributed by atoms with Gasteiger partial charge in [-0.05, 0) is 6.07 Å². The molecule has 0 unspecified atom stereocenters. The minimum atomic E-state index is -2.87. The second-order valence-electron chi connectivity index (χ2n) is 3.07. The Kier molecular flexibility index (Phi) is 2.72. The molecule has 1 aromatic carbocycles. The molecule has 6 heteroatoms. The van der Waals surface area contributed by atoms with Crippen LogP contribution in [0.15, 0.2) is 30.5 Å². The van der Waals surface area contributed by atoms with Crippen molar-refractivity contribution in [2.75, 3.05) is 5.73 Å². The summed E-state index contributed by atoms with van der Waals surface area (Å²) in [6.45, 7) is -2.87. The summed E-state index contributed by atoms with van der Waals surface area (Å²) in [7, 11) is 0. The van der Waals surface area contributed by atoms with E-state index in [0.29, 0.717) is 16.9 Å². The van der Waals surface area contributed by atoms with Gasteiger partial charge in [-0.25, -0.2) is 0 Å². The number of nitrogens with two attached hydrogens (primary N) is 1. The molecule has 3 N–H and O–H groups in total. The zero-order valence-corrected chi connectivity index (χ0v) is 8.15. The van der Waals surface area contributed by atoms with Crippen molar-refractivity contribution in [3.8, 4) is 16.9 Å². The van der Waals surface area contributed by atoms with Crippen LogP contribution in [0.1, 0.15) is 0 Å². The number of alkyl halides is 2. The molecule has 2 aromatic rings. The van der Waals surface area contributed by atoms with Gasteiger partial charge >= 0.3 is 6.61 Å². The van der Waals surface area contributed by atoms with Gasteiger partial charge < -0.3 is 10.5 Å². The minimum absolute atomic E-state index is 0.0746. The lowest BCUT2D eigenvalue weighted by molar-refractivity contribution is -0.0494. The van der Waals surface area contributed by atoms with Crippen LogP contribution in [0.2, 0.25) is 0 Å². The maximum Gasteiger partial charge on any atom is 0.387 e. The number of rotatable bonds is 3. The van der Waals surface area contributed by atoms with Crippen LogP contribution in [0.5, 0.6) is 5.75 Å². The smallest absolute Gasteiger partial charge is 0.387 e. The summed E-state index contributed by atoms with van der Waals surface area (Å²) in [6.07, 6.45) is 1.46. The highest BCUT2D eigenvalue weighted by Gasteiger charge is 2.13. The number of para-hydroxylation sites is 1. The minimum Gasteiger partial charge on any atom is -0.434 e. The number of hydrogen-bond acceptors (Lipinski definition) is 3. The van der Waals surface area contributed by atoms with Crippen molar-refractivity contribution in [1.29, 1.82) is 0 Å². The number of hydrogen-bond donors (Lipinski definition) is 2. The third-order valence-corrected chi connectivity index (χ3v) is 2.06. The van der Waals surface area contributed by atoms with Crippen molar-refractivity contribution in [2.45, 2.75) is 6.61 Å². The molecule has 0 aliphatic carbocycles. The fraction of sp³-hybridized carbons (Fsp3) is 0.100. The van der Waals surface area contributed by atoms with Gasteiger partial charge in [-0.3, -0.25) is 5.10 Å². The number of H-pyrrole nitrogens is 1. The van der Waals surface area contributed by atoms with Gasteiger partial charge in [0.15, 0.2) is 0 Å². The Bertz CT molecular complexity index is 484. The van der Waals surface area contributed by atoms with E-state index in [9.17, 15) is 8.78 Å². The molecule has 0 saturated carbocycles. The van der Waals surface area contributed by atoms with Crippen molar-refractivity contribution in [3.63, 3.8) is 0 Å². The first kappa shape index (κ1) is 10.4. The summed E-state index contributed by atoms with van der Waals surface area (Å²) in [5.41, 5.74) is 6.63. The maximum atomic E-state index is 12.2. The van der Waals surface area contributed by atoms with Crippen molar-refractivity contribution in [1.82, 2.24) is 10.2 Å². The average Bonchev–Trinajstić information content (AvgIpc) is 2.64. The highest BCUT2D eigenvalue weighted by Crippen LogP contribution is 2.33. The van der Waals surface area contributed by atoms with E-state index >= 15 is 0 Å². The molecule has 0 amide bonds. The van der Waals surface area contributed by atoms with E-state index in [1.54, 1.807) is 18.2 Å². The van der Waals surface area contributed by atoms with Gasteiger partial charge in [0.05, 0.1) is 6.20 Å². The molecular weight excluding hydrogens is 216 g/mol. The molecule has 84 valence electrons. The molecule has 1 aromatic heterocycles. The first-order chi connectivity index (χ1) is 7.68. The second kappa shape index (κ2) is 4.18. The summed E-state index contributed by atoms with van der Waals surface area (Å²) in [6, 6.07) is 6.41. The van der Waals surface area contributed by atoms with E-state index in [2.05, 4.69) is 14.9 Å². The zero-order valence-electron chi connectivity index (χ0n) is 8.15. The normalized spacial score (nSPS) is 10.7. The fourth-order valence-electron chi connectivity index (χ4n) is 1.40. The Hall–Kier alpha value is -2.11. The van der Waals surface area contributed by atoms with E-state index in [4.69, 9.17) is 5.73 Å². The first-order valence-corrected chi connectivity index (χ1v) is 4.51. The van der Waals surface area contributed by atoms with Crippen LogP contribution < -0.4 is 10.5 Å². The second-order valence-corrected chi connectivity index (χ2v) is 3.07. The van der Waals surface area contributed by atoms with E-state index in [1.165, 1.54) is 12.3 Å². The van der Waals surface area contributed by atoms with Gasteiger partial charge in [-0.2, -0.15) is 13.9 Å². The largest absolute Gasteiger partial charge is 0.434 e. The zero-order chi connectivity index (χ0) is 11.5. The number of ether oxygens (including phenoxy) is 1. The van der Waals surface area contributed by atoms with Crippen LogP contribution in [0.3, 0.4) is 0 Å². The van der Waals surface area contributed by atoms with Crippen LogP contribution in [0.25, 0.3) is 11.1 Å². The number of nitrogens with one attached hydrogen (secondary N) is 1. The van der Waals surface area contributed by atoms with Crippen molar-refractivity contribution in [3.05, 3.63) is 30.5 Å². The molecule has 0 spiro atoms. The summed E-state index contributed by atoms with van der Waals surface area (Å²) >= 11 is 0. The summed E-state index contributed by atoms with van der Waals surface area (Å²) in [4.78, 5) is 0. The highest BCUT2D eigenvalue weighted by molar-refractivity contribution is 5.77. The Morgan fingerprint density at radius 3 is 2.62 bits per heavy atom. The standard InChI is InChI=1S/C10H9F2N3O/c11-10(12)16-8-4-2-1-3-6(8)7-5-14-15-9(7)13/h1-5,10H,(H3,13,14,15). The molecule has 4 nitrogen and oxygen atoms in total. The molecule has 0 radical (unpaired) electrons. The van der Waals surface area contributed by atoms with Crippen LogP contribution in [0.4, 0.5) is 14.6 Å². The Labute approximate surface area is 90.0 Å². The lowest BCUT2D eigenvalue weighted by atomic mass is 10.1. The quantitative estimate of drug-likeness (QED) is 0.842. The predicted molar refractivity (Wildman–Crippen MR) is 55.1 cm³/mol. The van der Waals surface area contributed by atoms with Crippen molar-refractivity contribution >= 4 is 5.82 Å². The molecule has 0 fully saturated rings. The molecule has 0 bridgehead atoms. The predicted octanol–water partition coefficient (Wildman–Crippen LogP) is 2.26. The van der Waals surface area contributed by atoms with E-state index < -0.39 is 6.61 Å². The average molecular weight is 225 g/mol. The van der Waals surface area contributed by atoms with Gasteiger partial charge in [0.25, 0.3) is 0 Å². The number of aromatic amines is 1. The molecule has 0 aliphatic heterocycles. The van der Waals surface area contributed by atoms with Crippen LogP contribution in [-0.4, -0.2) is 16.8 Å². The van der Waals surface area contributed by atoms with Gasteiger partial charge in [0.1, 0.15) is 11.6 Å². The molecular formula is C10H9F2N3O. The van der Waals surface area contributed by atoms with Gasteiger partial charge in [-0.15, -0.1) is 0 Å². The van der Waals surface area contributed by atoms with Gasteiger partial charge in [-0.1, -0.05) is 18.2 Å². The van der Waals surface area contributed by atoms with E-state index in [1.807, 2.05) is 0 Å². The first-order valence-electron chi connectivity index (χ1n) is 4.51. The number of nitrogen functional groups attached to an aromatic ring is 1. The Balaban J connectivity index is 2.44. The monoisotopic (exact) mass is 225 g/mol. The third kappa shape index (κ3) is 1.95. The molecule has 16 heavy (non-hydrogen) atoms. The number of nitrogens with zero attached hydrogens (tertiary/aromatic N) is 1. The lowest BCUT2D eigenvalue weighted by Gasteiger charge is -2.09. The highest BCUT2D eigenvalue weighted by atomic mass is 19.3. The van der Waals surface area contributed by atoms with Crippen LogP contribution >= 0.6 is 0 Å². The Morgan fingerprint density at radius 2 is 2.00 bits per heavy atom. The maximum absolute atomic E-state index is 12.2. The van der Waals surface area contributed by atoms with E-state index in [0.717, 1.165) is 0 Å². The van der Waals surface area contributed by atoms with E-state index in [-0.39, 0.29) is 5.75 Å². The molecule has 0 atom stereocenters. The summed E-state index contributed by atoms with van der Waals surface area (Å²) < 4.78 is 28.7. The molecule has 1 heterocycles. The van der Waals surface area contributed by atoms with Crippen LogP contribution in [-0.2, 0) is 0 Å². The summed E-state index contributed by atoms with van der Waals surface area (Å²) in [5.74, 6) is 0.385. The topological polar surface area (TPSA) is 63.9 Å². The number of halogens is 2. The molecule has 0 aliphatic rings. The fourth-order valence-corrected chi connectivity index (χ4v) is 1.40. The van der Waals surface area contributed by atoms with Crippen LogP contribution in [0, 0.1) is 0 Å². The number of anilines is 1. The SMILES string of the molecule is Nc1[nH]ncc1-c1ccccc1OC(F)F. The Morgan fingerprint density at radius 1 is 1.25 bits per heavy atom. The molecule has 2 rings (SSSR count). The number of benzene rings is 1. The van der Waals surface area contributed by atoms with Gasteiger partial charge in [0, 0.05) is 11.1 Å². The van der Waals surface area contributed by atoms with Crippen molar-refractivity contribution in [2.24, 2.45) is 0 Å². The lowest BCUT2D eigenvalue weighted by Crippen LogP contribution is -2.03. The summed E-state index contributed by atoms with van der Waals surface area (Å²) in [5, 5.41) is 6.26.